The van der Waals surface area contributed by atoms with E-state index in [0.717, 1.165) is 5.56 Å². The van der Waals surface area contributed by atoms with Gasteiger partial charge in [0.1, 0.15) is 0 Å². The van der Waals surface area contributed by atoms with Gasteiger partial charge in [0.25, 0.3) is 0 Å². The molecular weight excluding hydrogens is 344 g/mol. The van der Waals surface area contributed by atoms with E-state index >= 15 is 0 Å². The van der Waals surface area contributed by atoms with Crippen LogP contribution < -0.4 is 20.1 Å². The lowest BCUT2D eigenvalue weighted by molar-refractivity contribution is -0.136. The van der Waals surface area contributed by atoms with Crippen LogP contribution in [0.4, 0.5) is 5.69 Å². The number of rotatable bonds is 6. The number of anilines is 1. The second kappa shape index (κ2) is 8.94. The predicted octanol–water partition coefficient (Wildman–Crippen LogP) is 2.65. The van der Waals surface area contributed by atoms with Crippen molar-refractivity contribution in [3.63, 3.8) is 0 Å². The Bertz CT molecular complexity index is 747. The highest BCUT2D eigenvalue weighted by Crippen LogP contribution is 2.29. The van der Waals surface area contributed by atoms with Crippen molar-refractivity contribution >= 4 is 29.1 Å². The van der Waals surface area contributed by atoms with Gasteiger partial charge in [0.2, 0.25) is 0 Å². The second-order valence-corrected chi connectivity index (χ2v) is 5.59. The molecule has 0 aromatic heterocycles. The highest BCUT2D eigenvalue weighted by atomic mass is 35.5. The Kier molecular flexibility index (Phi) is 6.65. The summed E-state index contributed by atoms with van der Waals surface area (Å²) < 4.78 is 10.3. The standard InChI is InChI=1S/C18H19ClN2O4/c1-24-15-8-7-14(11-16(15)25-2)21-18(23)17(22)20-10-9-12-3-5-13(19)6-4-12/h3-8,11H,9-10H2,1-2H3,(H,20,22)(H,21,23). The van der Waals surface area contributed by atoms with Gasteiger partial charge in [-0.25, -0.2) is 0 Å². The summed E-state index contributed by atoms with van der Waals surface area (Å²) >= 11 is 5.82. The van der Waals surface area contributed by atoms with Crippen LogP contribution in [-0.4, -0.2) is 32.6 Å². The number of carbonyl (C=O) groups is 2. The molecule has 0 heterocycles. The van der Waals surface area contributed by atoms with Gasteiger partial charge in [-0.3, -0.25) is 9.59 Å². The normalized spacial score (nSPS) is 10.0. The van der Waals surface area contributed by atoms with Crippen LogP contribution in [0.1, 0.15) is 5.56 Å². The van der Waals surface area contributed by atoms with Crippen LogP contribution >= 0.6 is 11.6 Å². The molecule has 0 unspecified atom stereocenters. The second-order valence-electron chi connectivity index (χ2n) is 5.16. The van der Waals surface area contributed by atoms with Gasteiger partial charge in [0.15, 0.2) is 11.5 Å². The first-order valence-corrected chi connectivity index (χ1v) is 7.97. The fourth-order valence-electron chi connectivity index (χ4n) is 2.15. The molecule has 2 rings (SSSR count). The van der Waals surface area contributed by atoms with Gasteiger partial charge in [-0.2, -0.15) is 0 Å². The van der Waals surface area contributed by atoms with Gasteiger partial charge in [-0.1, -0.05) is 23.7 Å². The Morgan fingerprint density at radius 2 is 1.64 bits per heavy atom. The fourth-order valence-corrected chi connectivity index (χ4v) is 2.28. The maximum atomic E-state index is 11.9. The van der Waals surface area contributed by atoms with Gasteiger partial charge >= 0.3 is 11.8 Å². The number of carbonyl (C=O) groups excluding carboxylic acids is 2. The Labute approximate surface area is 151 Å². The summed E-state index contributed by atoms with van der Waals surface area (Å²) in [5.74, 6) is -0.455. The number of ether oxygens (including phenoxy) is 2. The Morgan fingerprint density at radius 3 is 2.28 bits per heavy atom. The SMILES string of the molecule is COc1ccc(NC(=O)C(=O)NCCc2ccc(Cl)cc2)cc1OC. The van der Waals surface area contributed by atoms with E-state index in [1.807, 2.05) is 12.1 Å². The van der Waals surface area contributed by atoms with Crippen molar-refractivity contribution in [3.8, 4) is 11.5 Å². The average Bonchev–Trinajstić information content (AvgIpc) is 2.63. The van der Waals surface area contributed by atoms with Crippen molar-refractivity contribution in [2.45, 2.75) is 6.42 Å². The van der Waals surface area contributed by atoms with Crippen molar-refractivity contribution in [1.29, 1.82) is 0 Å². The summed E-state index contributed by atoms with van der Waals surface area (Å²) in [6.45, 7) is 0.347. The fraction of sp³-hybridized carbons (Fsp3) is 0.222. The maximum Gasteiger partial charge on any atom is 0.313 e. The molecule has 2 amide bonds. The number of amides is 2. The van der Waals surface area contributed by atoms with Crippen molar-refractivity contribution in [3.05, 3.63) is 53.1 Å². The van der Waals surface area contributed by atoms with E-state index < -0.39 is 11.8 Å². The van der Waals surface area contributed by atoms with E-state index in [1.54, 1.807) is 30.3 Å². The first-order valence-electron chi connectivity index (χ1n) is 7.59. The molecule has 0 atom stereocenters. The number of nitrogens with one attached hydrogen (secondary N) is 2. The minimum Gasteiger partial charge on any atom is -0.493 e. The van der Waals surface area contributed by atoms with Crippen molar-refractivity contribution in [2.75, 3.05) is 26.1 Å². The first-order chi connectivity index (χ1) is 12.0. The van der Waals surface area contributed by atoms with Crippen LogP contribution in [-0.2, 0) is 16.0 Å². The zero-order chi connectivity index (χ0) is 18.2. The third kappa shape index (κ3) is 5.39. The summed E-state index contributed by atoms with van der Waals surface area (Å²) in [4.78, 5) is 23.8. The van der Waals surface area contributed by atoms with Crippen molar-refractivity contribution in [1.82, 2.24) is 5.32 Å². The van der Waals surface area contributed by atoms with Crippen LogP contribution in [0.15, 0.2) is 42.5 Å². The summed E-state index contributed by atoms with van der Waals surface area (Å²) in [5, 5.41) is 5.75. The molecular formula is C18H19ClN2O4. The quantitative estimate of drug-likeness (QED) is 0.774. The summed E-state index contributed by atoms with van der Waals surface area (Å²) in [6, 6.07) is 12.2. The van der Waals surface area contributed by atoms with Gasteiger partial charge < -0.3 is 20.1 Å². The molecule has 25 heavy (non-hydrogen) atoms. The smallest absolute Gasteiger partial charge is 0.313 e. The van der Waals surface area contributed by atoms with E-state index in [1.165, 1.54) is 14.2 Å². The largest absolute Gasteiger partial charge is 0.493 e. The zero-order valence-electron chi connectivity index (χ0n) is 14.0. The summed E-state index contributed by atoms with van der Waals surface area (Å²) in [5.41, 5.74) is 1.46. The number of halogens is 1. The Balaban J connectivity index is 1.85. The molecule has 0 aliphatic carbocycles. The van der Waals surface area contributed by atoms with Crippen molar-refractivity contribution < 1.29 is 19.1 Å². The highest BCUT2D eigenvalue weighted by molar-refractivity contribution is 6.39. The monoisotopic (exact) mass is 362 g/mol. The first kappa shape index (κ1) is 18.6. The minimum atomic E-state index is -0.747. The third-order valence-corrected chi connectivity index (χ3v) is 3.71. The minimum absolute atomic E-state index is 0.347. The molecule has 2 aromatic rings. The molecule has 0 saturated carbocycles. The third-order valence-electron chi connectivity index (χ3n) is 3.46. The van der Waals surface area contributed by atoms with Crippen LogP contribution in [0.5, 0.6) is 11.5 Å². The molecule has 0 radical (unpaired) electrons. The van der Waals surface area contributed by atoms with Gasteiger partial charge in [-0.05, 0) is 36.2 Å². The Hall–Kier alpha value is -2.73. The van der Waals surface area contributed by atoms with E-state index in [2.05, 4.69) is 10.6 Å². The van der Waals surface area contributed by atoms with Crippen LogP contribution in [0.3, 0.4) is 0 Å². The molecule has 132 valence electrons. The summed E-state index contributed by atoms with van der Waals surface area (Å²) in [6.07, 6.45) is 0.604. The van der Waals surface area contributed by atoms with Crippen LogP contribution in [0, 0.1) is 0 Å². The van der Waals surface area contributed by atoms with Crippen molar-refractivity contribution in [2.24, 2.45) is 0 Å². The molecule has 7 heteroatoms. The Morgan fingerprint density at radius 1 is 0.960 bits per heavy atom. The van der Waals surface area contributed by atoms with Crippen LogP contribution in [0.25, 0.3) is 0 Å². The maximum absolute atomic E-state index is 11.9. The van der Waals surface area contributed by atoms with Gasteiger partial charge in [0, 0.05) is 23.3 Å². The van der Waals surface area contributed by atoms with E-state index in [-0.39, 0.29) is 0 Å². The molecule has 2 N–H and O–H groups in total. The number of benzene rings is 2. The summed E-state index contributed by atoms with van der Waals surface area (Å²) in [7, 11) is 3.01. The number of hydrogen-bond acceptors (Lipinski definition) is 4. The topological polar surface area (TPSA) is 76.7 Å². The van der Waals surface area contributed by atoms with Crippen LogP contribution in [0.2, 0.25) is 5.02 Å². The molecule has 0 bridgehead atoms. The molecule has 0 aliphatic heterocycles. The van der Waals surface area contributed by atoms with E-state index in [0.29, 0.717) is 35.2 Å². The number of hydrogen-bond donors (Lipinski definition) is 2. The molecule has 0 spiro atoms. The average molecular weight is 363 g/mol. The predicted molar refractivity (Wildman–Crippen MR) is 96.3 cm³/mol. The lowest BCUT2D eigenvalue weighted by Gasteiger charge is -2.10. The number of methoxy groups -OCH3 is 2. The molecule has 0 aliphatic rings. The highest BCUT2D eigenvalue weighted by Gasteiger charge is 2.14. The molecule has 6 nitrogen and oxygen atoms in total. The van der Waals surface area contributed by atoms with E-state index in [9.17, 15) is 9.59 Å². The lowest BCUT2D eigenvalue weighted by Crippen LogP contribution is -2.36. The lowest BCUT2D eigenvalue weighted by atomic mass is 10.1. The molecule has 0 saturated heterocycles. The zero-order valence-corrected chi connectivity index (χ0v) is 14.7. The van der Waals surface area contributed by atoms with Gasteiger partial charge in [0.05, 0.1) is 14.2 Å². The molecule has 0 fully saturated rings. The van der Waals surface area contributed by atoms with Gasteiger partial charge in [-0.15, -0.1) is 0 Å². The van der Waals surface area contributed by atoms with E-state index in [4.69, 9.17) is 21.1 Å². The molecule has 2 aromatic carbocycles.